The van der Waals surface area contributed by atoms with E-state index in [0.717, 1.165) is 24.1 Å². The third kappa shape index (κ3) is 3.28. The minimum atomic E-state index is -0.600. The number of fused-ring (bicyclic) bond motifs is 1. The van der Waals surface area contributed by atoms with Gasteiger partial charge in [-0.2, -0.15) is 0 Å². The van der Waals surface area contributed by atoms with Crippen LogP contribution in [0.1, 0.15) is 51.5 Å². The maximum absolute atomic E-state index is 12.2. The number of pyridine rings is 1. The zero-order valence-electron chi connectivity index (χ0n) is 12.5. The Morgan fingerprint density at radius 3 is 2.80 bits per heavy atom. The third-order valence-electron chi connectivity index (χ3n) is 3.15. The van der Waals surface area contributed by atoms with Crippen molar-refractivity contribution in [3.8, 4) is 0 Å². The Balaban J connectivity index is 2.27. The lowest BCUT2D eigenvalue weighted by atomic mass is 10.0. The third-order valence-corrected chi connectivity index (χ3v) is 3.15. The van der Waals surface area contributed by atoms with E-state index >= 15 is 0 Å². The van der Waals surface area contributed by atoms with Crippen molar-refractivity contribution in [1.82, 2.24) is 4.98 Å². The molecule has 20 heavy (non-hydrogen) atoms. The highest BCUT2D eigenvalue weighted by molar-refractivity contribution is 5.89. The molecule has 5 nitrogen and oxygen atoms in total. The van der Waals surface area contributed by atoms with Crippen molar-refractivity contribution in [3.63, 3.8) is 0 Å². The summed E-state index contributed by atoms with van der Waals surface area (Å²) in [4.78, 5) is 18.1. The summed E-state index contributed by atoms with van der Waals surface area (Å²) < 4.78 is 5.42. The highest BCUT2D eigenvalue weighted by Gasteiger charge is 2.27. The molecular weight excluding hydrogens is 256 g/mol. The molecule has 1 aliphatic heterocycles. The maximum Gasteiger partial charge on any atom is 0.414 e. The van der Waals surface area contributed by atoms with Gasteiger partial charge in [0.25, 0.3) is 0 Å². The first kappa shape index (κ1) is 14.8. The Kier molecular flexibility index (Phi) is 3.99. The molecule has 1 aromatic rings. The SMILES string of the molecule is CC(O)c1cc2c(cn1)N(C(=O)OC(C)(C)C)CCC2. The number of aromatic nitrogens is 1. The molecule has 0 aliphatic carbocycles. The number of carbonyl (C=O) groups is 1. The topological polar surface area (TPSA) is 62.7 Å². The fourth-order valence-corrected chi connectivity index (χ4v) is 2.23. The van der Waals surface area contributed by atoms with Crippen LogP contribution in [0.15, 0.2) is 12.3 Å². The summed E-state index contributed by atoms with van der Waals surface area (Å²) in [7, 11) is 0. The lowest BCUT2D eigenvalue weighted by Gasteiger charge is -2.31. The van der Waals surface area contributed by atoms with Gasteiger partial charge in [0.1, 0.15) is 5.60 Å². The molecular formula is C15H22N2O3. The van der Waals surface area contributed by atoms with Crippen molar-refractivity contribution in [2.45, 2.75) is 52.2 Å². The second-order valence-corrected chi connectivity index (χ2v) is 6.15. The number of anilines is 1. The molecule has 2 heterocycles. The first-order valence-corrected chi connectivity index (χ1v) is 6.95. The second kappa shape index (κ2) is 5.40. The van der Waals surface area contributed by atoms with Gasteiger partial charge in [0, 0.05) is 6.54 Å². The Morgan fingerprint density at radius 1 is 1.50 bits per heavy atom. The molecule has 0 bridgehead atoms. The van der Waals surface area contributed by atoms with Crippen molar-refractivity contribution >= 4 is 11.8 Å². The number of amides is 1. The molecule has 5 heteroatoms. The smallest absolute Gasteiger partial charge is 0.414 e. The molecule has 0 fully saturated rings. The van der Waals surface area contributed by atoms with E-state index < -0.39 is 11.7 Å². The van der Waals surface area contributed by atoms with Gasteiger partial charge in [-0.3, -0.25) is 9.88 Å². The van der Waals surface area contributed by atoms with Gasteiger partial charge in [-0.15, -0.1) is 0 Å². The molecule has 1 N–H and O–H groups in total. The largest absolute Gasteiger partial charge is 0.443 e. The predicted molar refractivity (Wildman–Crippen MR) is 76.8 cm³/mol. The molecule has 110 valence electrons. The van der Waals surface area contributed by atoms with E-state index in [1.165, 1.54) is 0 Å². The molecule has 2 rings (SSSR count). The number of aliphatic hydroxyl groups excluding tert-OH is 1. The summed E-state index contributed by atoms with van der Waals surface area (Å²) in [6, 6.07) is 1.87. The number of rotatable bonds is 1. The Hall–Kier alpha value is -1.62. The number of nitrogens with zero attached hydrogens (tertiary/aromatic N) is 2. The first-order chi connectivity index (χ1) is 9.28. The molecule has 0 saturated carbocycles. The highest BCUT2D eigenvalue weighted by Crippen LogP contribution is 2.29. The van der Waals surface area contributed by atoms with Crippen molar-refractivity contribution in [2.75, 3.05) is 11.4 Å². The molecule has 0 saturated heterocycles. The van der Waals surface area contributed by atoms with Crippen LogP contribution in [0.3, 0.4) is 0 Å². The second-order valence-electron chi connectivity index (χ2n) is 6.15. The van der Waals surface area contributed by atoms with Crippen LogP contribution in [0.4, 0.5) is 10.5 Å². The Morgan fingerprint density at radius 2 is 2.20 bits per heavy atom. The molecule has 0 radical (unpaired) electrons. The first-order valence-electron chi connectivity index (χ1n) is 6.95. The minimum Gasteiger partial charge on any atom is -0.443 e. The number of carbonyl (C=O) groups excluding carboxylic acids is 1. The molecule has 0 spiro atoms. The fourth-order valence-electron chi connectivity index (χ4n) is 2.23. The molecule has 1 unspecified atom stereocenters. The molecule has 1 amide bonds. The number of aryl methyl sites for hydroxylation is 1. The predicted octanol–water partition coefficient (Wildman–Crippen LogP) is 2.82. The summed E-state index contributed by atoms with van der Waals surface area (Å²) in [5.41, 5.74) is 1.94. The van der Waals surface area contributed by atoms with Crippen LogP contribution < -0.4 is 4.90 Å². The van der Waals surface area contributed by atoms with Gasteiger partial charge in [0.15, 0.2) is 0 Å². The normalized spacial score (nSPS) is 16.6. The Labute approximate surface area is 119 Å². The van der Waals surface area contributed by atoms with Crippen LogP contribution in [-0.2, 0) is 11.2 Å². The van der Waals surface area contributed by atoms with E-state index in [0.29, 0.717) is 12.2 Å². The standard InChI is InChI=1S/C15H22N2O3/c1-10(18)12-8-11-6-5-7-17(13(11)9-16-12)14(19)20-15(2,3)4/h8-10,18H,5-7H2,1-4H3. The van der Waals surface area contributed by atoms with Gasteiger partial charge >= 0.3 is 6.09 Å². The molecule has 1 atom stereocenters. The van der Waals surface area contributed by atoms with E-state index in [2.05, 4.69) is 4.98 Å². The lowest BCUT2D eigenvalue weighted by molar-refractivity contribution is 0.0577. The summed E-state index contributed by atoms with van der Waals surface area (Å²) in [5.74, 6) is 0. The van der Waals surface area contributed by atoms with Crippen LogP contribution in [0.25, 0.3) is 0 Å². The van der Waals surface area contributed by atoms with Crippen molar-refractivity contribution in [2.24, 2.45) is 0 Å². The molecule has 0 aromatic carbocycles. The Bertz CT molecular complexity index is 506. The van der Waals surface area contributed by atoms with E-state index in [-0.39, 0.29) is 6.09 Å². The van der Waals surface area contributed by atoms with Crippen LogP contribution in [0.5, 0.6) is 0 Å². The van der Waals surface area contributed by atoms with Crippen LogP contribution in [-0.4, -0.2) is 28.3 Å². The van der Waals surface area contributed by atoms with Crippen LogP contribution >= 0.6 is 0 Å². The summed E-state index contributed by atoms with van der Waals surface area (Å²) in [5, 5.41) is 9.59. The monoisotopic (exact) mass is 278 g/mol. The number of hydrogen-bond acceptors (Lipinski definition) is 4. The zero-order chi connectivity index (χ0) is 14.9. The van der Waals surface area contributed by atoms with E-state index in [4.69, 9.17) is 4.74 Å². The van der Waals surface area contributed by atoms with E-state index in [9.17, 15) is 9.90 Å². The zero-order valence-corrected chi connectivity index (χ0v) is 12.5. The highest BCUT2D eigenvalue weighted by atomic mass is 16.6. The van der Waals surface area contributed by atoms with Gasteiger partial charge in [-0.05, 0) is 52.2 Å². The number of ether oxygens (including phenoxy) is 1. The van der Waals surface area contributed by atoms with Crippen LogP contribution in [0.2, 0.25) is 0 Å². The number of hydrogen-bond donors (Lipinski definition) is 1. The van der Waals surface area contributed by atoms with E-state index in [1.807, 2.05) is 26.8 Å². The summed E-state index contributed by atoms with van der Waals surface area (Å²) in [6.45, 7) is 7.88. The summed E-state index contributed by atoms with van der Waals surface area (Å²) in [6.07, 6.45) is 2.48. The summed E-state index contributed by atoms with van der Waals surface area (Å²) >= 11 is 0. The van der Waals surface area contributed by atoms with Crippen molar-refractivity contribution in [1.29, 1.82) is 0 Å². The average Bonchev–Trinajstić information content (AvgIpc) is 2.35. The number of aliphatic hydroxyl groups is 1. The fraction of sp³-hybridized carbons (Fsp3) is 0.600. The van der Waals surface area contributed by atoms with Crippen molar-refractivity contribution in [3.05, 3.63) is 23.5 Å². The van der Waals surface area contributed by atoms with E-state index in [1.54, 1.807) is 18.0 Å². The molecule has 1 aliphatic rings. The average molecular weight is 278 g/mol. The van der Waals surface area contributed by atoms with Gasteiger partial charge in [-0.1, -0.05) is 0 Å². The minimum absolute atomic E-state index is 0.343. The quantitative estimate of drug-likeness (QED) is 0.858. The van der Waals surface area contributed by atoms with Gasteiger partial charge in [-0.25, -0.2) is 4.79 Å². The van der Waals surface area contributed by atoms with Gasteiger partial charge in [0.2, 0.25) is 0 Å². The van der Waals surface area contributed by atoms with Gasteiger partial charge in [0.05, 0.1) is 23.7 Å². The van der Waals surface area contributed by atoms with Crippen LogP contribution in [0, 0.1) is 0 Å². The molecule has 1 aromatic heterocycles. The van der Waals surface area contributed by atoms with Crippen molar-refractivity contribution < 1.29 is 14.6 Å². The van der Waals surface area contributed by atoms with Gasteiger partial charge < -0.3 is 9.84 Å². The lowest BCUT2D eigenvalue weighted by Crippen LogP contribution is -2.40. The maximum atomic E-state index is 12.2.